The summed E-state index contributed by atoms with van der Waals surface area (Å²) in [5, 5.41) is 0.756. The fourth-order valence-corrected chi connectivity index (χ4v) is 5.43. The van der Waals surface area contributed by atoms with Crippen molar-refractivity contribution in [2.75, 3.05) is 0 Å². The van der Waals surface area contributed by atoms with Crippen molar-refractivity contribution < 1.29 is 13.2 Å². The molecule has 0 unspecified atom stereocenters. The SMILES string of the molecule is Cc1ccc(S(=O)(=O)n2c(C=O)c(-c3ccccc3)c3cc(C)cc(C)c32)cc1. The number of benzene rings is 3. The minimum atomic E-state index is -3.96. The molecule has 0 bridgehead atoms. The second kappa shape index (κ2) is 7.01. The molecule has 29 heavy (non-hydrogen) atoms. The van der Waals surface area contributed by atoms with Crippen LogP contribution >= 0.6 is 0 Å². The lowest BCUT2D eigenvalue weighted by molar-refractivity contribution is 0.111. The van der Waals surface area contributed by atoms with E-state index in [-0.39, 0.29) is 10.6 Å². The van der Waals surface area contributed by atoms with Gasteiger partial charge in [-0.15, -0.1) is 0 Å². The van der Waals surface area contributed by atoms with Gasteiger partial charge in [-0.25, -0.2) is 12.4 Å². The molecule has 3 aromatic carbocycles. The second-order valence-corrected chi connectivity index (χ2v) is 9.09. The van der Waals surface area contributed by atoms with Crippen molar-refractivity contribution in [1.82, 2.24) is 3.97 Å². The maximum atomic E-state index is 13.6. The maximum Gasteiger partial charge on any atom is 0.268 e. The van der Waals surface area contributed by atoms with Gasteiger partial charge in [-0.05, 0) is 50.1 Å². The highest BCUT2D eigenvalue weighted by Gasteiger charge is 2.28. The summed E-state index contributed by atoms with van der Waals surface area (Å²) < 4.78 is 28.5. The molecular formula is C24H21NO3S. The lowest BCUT2D eigenvalue weighted by Crippen LogP contribution is -2.16. The Labute approximate surface area is 170 Å². The van der Waals surface area contributed by atoms with E-state index in [0.29, 0.717) is 17.4 Å². The van der Waals surface area contributed by atoms with E-state index in [4.69, 9.17) is 0 Å². The molecule has 0 aliphatic heterocycles. The number of rotatable bonds is 4. The van der Waals surface area contributed by atoms with Crippen molar-refractivity contribution in [3.05, 3.63) is 89.1 Å². The number of hydrogen-bond acceptors (Lipinski definition) is 3. The highest BCUT2D eigenvalue weighted by atomic mass is 32.2. The summed E-state index contributed by atoms with van der Waals surface area (Å²) in [4.78, 5) is 12.4. The van der Waals surface area contributed by atoms with Crippen molar-refractivity contribution in [3.63, 3.8) is 0 Å². The van der Waals surface area contributed by atoms with Crippen LogP contribution in [0.4, 0.5) is 0 Å². The standard InChI is InChI=1S/C24H21NO3S/c1-16-9-11-20(12-10-16)29(27,28)25-22(15-26)23(19-7-5-4-6-8-19)21-14-17(2)13-18(3)24(21)25/h4-15H,1-3H3. The third-order valence-electron chi connectivity index (χ3n) is 5.13. The number of aromatic nitrogens is 1. The summed E-state index contributed by atoms with van der Waals surface area (Å²) in [5.41, 5.74) is 4.90. The maximum absolute atomic E-state index is 13.6. The van der Waals surface area contributed by atoms with Gasteiger partial charge in [0.2, 0.25) is 0 Å². The minimum absolute atomic E-state index is 0.139. The molecule has 5 heteroatoms. The van der Waals surface area contributed by atoms with Crippen LogP contribution in [0.25, 0.3) is 22.0 Å². The van der Waals surface area contributed by atoms with Gasteiger partial charge in [0.05, 0.1) is 10.4 Å². The van der Waals surface area contributed by atoms with Gasteiger partial charge in [-0.1, -0.05) is 59.7 Å². The molecule has 0 saturated heterocycles. The van der Waals surface area contributed by atoms with E-state index < -0.39 is 10.0 Å². The summed E-state index contributed by atoms with van der Waals surface area (Å²) in [6, 6.07) is 20.0. The van der Waals surface area contributed by atoms with Crippen LogP contribution in [0.3, 0.4) is 0 Å². The monoisotopic (exact) mass is 403 g/mol. The Hall–Kier alpha value is -3.18. The predicted molar refractivity (Wildman–Crippen MR) is 116 cm³/mol. The molecule has 0 N–H and O–H groups in total. The van der Waals surface area contributed by atoms with Gasteiger partial charge in [0, 0.05) is 10.9 Å². The van der Waals surface area contributed by atoms with E-state index >= 15 is 0 Å². The van der Waals surface area contributed by atoms with Gasteiger partial charge in [-0.2, -0.15) is 0 Å². The zero-order chi connectivity index (χ0) is 20.8. The Morgan fingerprint density at radius 1 is 0.828 bits per heavy atom. The van der Waals surface area contributed by atoms with E-state index in [1.165, 1.54) is 3.97 Å². The number of fused-ring (bicyclic) bond motifs is 1. The summed E-state index contributed by atoms with van der Waals surface area (Å²) in [6.07, 6.45) is 0.642. The molecular weight excluding hydrogens is 382 g/mol. The van der Waals surface area contributed by atoms with Crippen molar-refractivity contribution >= 4 is 27.2 Å². The van der Waals surface area contributed by atoms with Crippen LogP contribution in [0.1, 0.15) is 27.2 Å². The summed E-state index contributed by atoms with van der Waals surface area (Å²) in [5.74, 6) is 0. The zero-order valence-electron chi connectivity index (χ0n) is 16.5. The molecule has 0 aliphatic rings. The van der Waals surface area contributed by atoms with Crippen molar-refractivity contribution in [2.45, 2.75) is 25.7 Å². The Balaban J connectivity index is 2.18. The second-order valence-electron chi connectivity index (χ2n) is 7.30. The first-order valence-corrected chi connectivity index (χ1v) is 10.8. The molecule has 0 amide bonds. The Bertz CT molecular complexity index is 1330. The third-order valence-corrected chi connectivity index (χ3v) is 6.85. The Kier molecular flexibility index (Phi) is 4.63. The van der Waals surface area contributed by atoms with E-state index in [2.05, 4.69) is 0 Å². The van der Waals surface area contributed by atoms with Crippen molar-refractivity contribution in [1.29, 1.82) is 0 Å². The Morgan fingerprint density at radius 2 is 1.48 bits per heavy atom. The molecule has 0 aliphatic carbocycles. The fraction of sp³-hybridized carbons (Fsp3) is 0.125. The van der Waals surface area contributed by atoms with E-state index in [1.807, 2.05) is 63.2 Å². The van der Waals surface area contributed by atoms with E-state index in [9.17, 15) is 13.2 Å². The normalized spacial score (nSPS) is 11.7. The van der Waals surface area contributed by atoms with E-state index in [1.54, 1.807) is 24.3 Å². The van der Waals surface area contributed by atoms with Gasteiger partial charge >= 0.3 is 0 Å². The van der Waals surface area contributed by atoms with Crippen LogP contribution in [-0.2, 0) is 10.0 Å². The molecule has 0 atom stereocenters. The highest BCUT2D eigenvalue weighted by Crippen LogP contribution is 2.38. The number of nitrogens with zero attached hydrogens (tertiary/aromatic N) is 1. The number of carbonyl (C=O) groups is 1. The van der Waals surface area contributed by atoms with Crippen LogP contribution in [0.15, 0.2) is 71.6 Å². The number of aryl methyl sites for hydroxylation is 3. The molecule has 0 spiro atoms. The quantitative estimate of drug-likeness (QED) is 0.436. The topological polar surface area (TPSA) is 56.1 Å². The fourth-order valence-electron chi connectivity index (χ4n) is 3.86. The summed E-state index contributed by atoms with van der Waals surface area (Å²) in [7, 11) is -3.96. The van der Waals surface area contributed by atoms with E-state index in [0.717, 1.165) is 27.6 Å². The third kappa shape index (κ3) is 3.08. The van der Waals surface area contributed by atoms with Gasteiger partial charge < -0.3 is 0 Å². The molecule has 146 valence electrons. The van der Waals surface area contributed by atoms with Crippen molar-refractivity contribution in [3.8, 4) is 11.1 Å². The van der Waals surface area contributed by atoms with Crippen LogP contribution in [0, 0.1) is 20.8 Å². The van der Waals surface area contributed by atoms with Gasteiger partial charge in [0.25, 0.3) is 10.0 Å². The molecule has 4 aromatic rings. The molecule has 1 heterocycles. The smallest absolute Gasteiger partial charge is 0.268 e. The first kappa shape index (κ1) is 19.2. The molecule has 1 aromatic heterocycles. The molecule has 0 saturated carbocycles. The number of carbonyl (C=O) groups excluding carboxylic acids is 1. The van der Waals surface area contributed by atoms with Crippen LogP contribution < -0.4 is 0 Å². The lowest BCUT2D eigenvalue weighted by atomic mass is 9.99. The molecule has 4 rings (SSSR count). The lowest BCUT2D eigenvalue weighted by Gasteiger charge is -2.11. The van der Waals surface area contributed by atoms with Crippen molar-refractivity contribution in [2.24, 2.45) is 0 Å². The van der Waals surface area contributed by atoms with Crippen LogP contribution in [-0.4, -0.2) is 18.7 Å². The highest BCUT2D eigenvalue weighted by molar-refractivity contribution is 7.90. The molecule has 0 fully saturated rings. The Morgan fingerprint density at radius 3 is 2.10 bits per heavy atom. The van der Waals surface area contributed by atoms with Crippen LogP contribution in [0.2, 0.25) is 0 Å². The first-order chi connectivity index (χ1) is 13.8. The van der Waals surface area contributed by atoms with Gasteiger partial charge in [0.1, 0.15) is 5.69 Å². The number of aldehydes is 1. The molecule has 0 radical (unpaired) electrons. The first-order valence-electron chi connectivity index (χ1n) is 9.33. The average molecular weight is 404 g/mol. The predicted octanol–water partition coefficient (Wildman–Crippen LogP) is 5.28. The van der Waals surface area contributed by atoms with Gasteiger partial charge in [0.15, 0.2) is 6.29 Å². The largest absolute Gasteiger partial charge is 0.296 e. The zero-order valence-corrected chi connectivity index (χ0v) is 17.3. The minimum Gasteiger partial charge on any atom is -0.296 e. The van der Waals surface area contributed by atoms with Crippen LogP contribution in [0.5, 0.6) is 0 Å². The molecule has 4 nitrogen and oxygen atoms in total. The summed E-state index contributed by atoms with van der Waals surface area (Å²) in [6.45, 7) is 5.74. The number of hydrogen-bond donors (Lipinski definition) is 0. The van der Waals surface area contributed by atoms with Gasteiger partial charge in [-0.3, -0.25) is 4.79 Å². The summed E-state index contributed by atoms with van der Waals surface area (Å²) >= 11 is 0. The average Bonchev–Trinajstić information content (AvgIpc) is 3.04.